The molecule has 0 saturated carbocycles. The molecular formula is C17H17N3OS. The summed E-state index contributed by atoms with van der Waals surface area (Å²) in [5.74, 6) is 0. The second-order valence-corrected chi connectivity index (χ2v) is 6.66. The predicted molar refractivity (Wildman–Crippen MR) is 89.7 cm³/mol. The van der Waals surface area contributed by atoms with Gasteiger partial charge >= 0.3 is 0 Å². The van der Waals surface area contributed by atoms with Gasteiger partial charge in [-0.1, -0.05) is 18.2 Å². The summed E-state index contributed by atoms with van der Waals surface area (Å²) in [4.78, 5) is 19.9. The molecule has 0 saturated heterocycles. The standard InChI is InChI=1S/C17H17N3OS/c1-12-6-7-13-4-2-3-5-15(13)20(12)11-14-10-16(21)19-8-9-22-17(19)18-14/h2-5,8-10,12H,6-7,11H2,1H3. The van der Waals surface area contributed by atoms with Crippen molar-refractivity contribution in [3.05, 3.63) is 63.5 Å². The Labute approximate surface area is 132 Å². The van der Waals surface area contributed by atoms with E-state index < -0.39 is 0 Å². The van der Waals surface area contributed by atoms with Gasteiger partial charge < -0.3 is 4.90 Å². The van der Waals surface area contributed by atoms with E-state index >= 15 is 0 Å². The molecule has 0 amide bonds. The van der Waals surface area contributed by atoms with Gasteiger partial charge in [0, 0.05) is 29.4 Å². The van der Waals surface area contributed by atoms with Gasteiger partial charge in [-0.2, -0.15) is 0 Å². The average Bonchev–Trinajstić information content (AvgIpc) is 2.99. The van der Waals surface area contributed by atoms with E-state index in [0.29, 0.717) is 12.6 Å². The number of benzene rings is 1. The SMILES string of the molecule is CC1CCc2ccccc2N1Cc1cc(=O)n2ccsc2n1. The minimum atomic E-state index is -0.000743. The average molecular weight is 311 g/mol. The molecule has 0 radical (unpaired) electrons. The van der Waals surface area contributed by atoms with E-state index in [9.17, 15) is 4.79 Å². The molecule has 0 N–H and O–H groups in total. The van der Waals surface area contributed by atoms with Gasteiger partial charge in [0.2, 0.25) is 0 Å². The van der Waals surface area contributed by atoms with Gasteiger partial charge in [-0.15, -0.1) is 11.3 Å². The van der Waals surface area contributed by atoms with Gasteiger partial charge in [-0.25, -0.2) is 4.98 Å². The molecule has 4 rings (SSSR count). The van der Waals surface area contributed by atoms with E-state index in [0.717, 1.165) is 23.5 Å². The number of thiazole rings is 1. The highest BCUT2D eigenvalue weighted by Gasteiger charge is 2.23. The molecule has 0 fully saturated rings. The van der Waals surface area contributed by atoms with Crippen molar-refractivity contribution in [2.24, 2.45) is 0 Å². The Kier molecular flexibility index (Phi) is 3.22. The van der Waals surface area contributed by atoms with Crippen LogP contribution in [0.15, 0.2) is 46.7 Å². The Morgan fingerprint density at radius 2 is 2.23 bits per heavy atom. The number of anilines is 1. The smallest absolute Gasteiger partial charge is 0.258 e. The van der Waals surface area contributed by atoms with Crippen molar-refractivity contribution in [2.75, 3.05) is 4.90 Å². The zero-order valence-corrected chi connectivity index (χ0v) is 13.2. The molecule has 0 spiro atoms. The lowest BCUT2D eigenvalue weighted by molar-refractivity contribution is 0.556. The van der Waals surface area contributed by atoms with Crippen LogP contribution in [-0.2, 0) is 13.0 Å². The summed E-state index contributed by atoms with van der Waals surface area (Å²) >= 11 is 1.50. The van der Waals surface area contributed by atoms with Crippen molar-refractivity contribution >= 4 is 22.0 Å². The molecule has 0 bridgehead atoms. The second-order valence-electron chi connectivity index (χ2n) is 5.79. The number of hydrogen-bond acceptors (Lipinski definition) is 4. The fraction of sp³-hybridized carbons (Fsp3) is 0.294. The minimum Gasteiger partial charge on any atom is -0.363 e. The summed E-state index contributed by atoms with van der Waals surface area (Å²) in [7, 11) is 0. The van der Waals surface area contributed by atoms with E-state index in [4.69, 9.17) is 0 Å². The maximum absolute atomic E-state index is 12.1. The van der Waals surface area contributed by atoms with Crippen molar-refractivity contribution in [1.29, 1.82) is 0 Å². The monoisotopic (exact) mass is 311 g/mol. The molecule has 22 heavy (non-hydrogen) atoms. The molecule has 4 nitrogen and oxygen atoms in total. The van der Waals surface area contributed by atoms with Gasteiger partial charge in [0.25, 0.3) is 5.56 Å². The number of fused-ring (bicyclic) bond motifs is 2. The summed E-state index contributed by atoms with van der Waals surface area (Å²) in [5, 5.41) is 1.90. The molecule has 2 aromatic heterocycles. The number of nitrogens with zero attached hydrogens (tertiary/aromatic N) is 3. The second kappa shape index (κ2) is 5.25. The van der Waals surface area contributed by atoms with E-state index in [1.165, 1.54) is 22.6 Å². The van der Waals surface area contributed by atoms with E-state index in [1.54, 1.807) is 16.7 Å². The van der Waals surface area contributed by atoms with Gasteiger partial charge in [-0.3, -0.25) is 9.20 Å². The maximum atomic E-state index is 12.1. The first kappa shape index (κ1) is 13.5. The molecule has 1 aliphatic heterocycles. The van der Waals surface area contributed by atoms with Crippen LogP contribution in [0.1, 0.15) is 24.6 Å². The van der Waals surface area contributed by atoms with Crippen LogP contribution in [0.25, 0.3) is 4.96 Å². The highest BCUT2D eigenvalue weighted by Crippen LogP contribution is 2.31. The van der Waals surface area contributed by atoms with Crippen LogP contribution in [0.5, 0.6) is 0 Å². The normalized spacial score (nSPS) is 17.7. The highest BCUT2D eigenvalue weighted by atomic mass is 32.1. The molecule has 3 heterocycles. The van der Waals surface area contributed by atoms with Crippen LogP contribution >= 0.6 is 11.3 Å². The Morgan fingerprint density at radius 1 is 1.36 bits per heavy atom. The van der Waals surface area contributed by atoms with Gasteiger partial charge in [0.05, 0.1) is 12.2 Å². The first-order valence-electron chi connectivity index (χ1n) is 7.53. The first-order chi connectivity index (χ1) is 10.7. The summed E-state index contributed by atoms with van der Waals surface area (Å²) in [6.07, 6.45) is 4.03. The molecule has 5 heteroatoms. The number of hydrogen-bond donors (Lipinski definition) is 0. The van der Waals surface area contributed by atoms with Crippen molar-refractivity contribution in [2.45, 2.75) is 32.4 Å². The lowest BCUT2D eigenvalue weighted by atomic mass is 9.96. The molecule has 0 aliphatic carbocycles. The quantitative estimate of drug-likeness (QED) is 0.730. The molecule has 112 valence electrons. The van der Waals surface area contributed by atoms with E-state index in [1.807, 2.05) is 5.38 Å². The van der Waals surface area contributed by atoms with E-state index in [-0.39, 0.29) is 5.56 Å². The van der Waals surface area contributed by atoms with Crippen LogP contribution in [0.2, 0.25) is 0 Å². The van der Waals surface area contributed by atoms with Gasteiger partial charge in [0.15, 0.2) is 4.96 Å². The third kappa shape index (κ3) is 2.22. The first-order valence-corrected chi connectivity index (χ1v) is 8.41. The van der Waals surface area contributed by atoms with Crippen LogP contribution in [0, 0.1) is 0 Å². The Hall–Kier alpha value is -2.14. The Bertz CT molecular complexity index is 883. The number of aryl methyl sites for hydroxylation is 1. The fourth-order valence-corrected chi connectivity index (χ4v) is 3.88. The number of aromatic nitrogens is 2. The summed E-state index contributed by atoms with van der Waals surface area (Å²) in [6, 6.07) is 10.6. The zero-order chi connectivity index (χ0) is 15.1. The largest absolute Gasteiger partial charge is 0.363 e. The Morgan fingerprint density at radius 3 is 3.14 bits per heavy atom. The van der Waals surface area contributed by atoms with Crippen LogP contribution in [0.4, 0.5) is 5.69 Å². The number of rotatable bonds is 2. The highest BCUT2D eigenvalue weighted by molar-refractivity contribution is 7.15. The van der Waals surface area contributed by atoms with Crippen LogP contribution < -0.4 is 10.5 Å². The van der Waals surface area contributed by atoms with Crippen molar-refractivity contribution in [3.8, 4) is 0 Å². The molecule has 1 atom stereocenters. The number of para-hydroxylation sites is 1. The molecule has 1 aromatic carbocycles. The molecular weight excluding hydrogens is 294 g/mol. The van der Waals surface area contributed by atoms with Crippen LogP contribution in [-0.4, -0.2) is 15.4 Å². The van der Waals surface area contributed by atoms with E-state index in [2.05, 4.69) is 41.1 Å². The van der Waals surface area contributed by atoms with Gasteiger partial charge in [-0.05, 0) is 31.4 Å². The van der Waals surface area contributed by atoms with Crippen LogP contribution in [0.3, 0.4) is 0 Å². The third-order valence-electron chi connectivity index (χ3n) is 4.35. The lowest BCUT2D eigenvalue weighted by Crippen LogP contribution is -2.37. The summed E-state index contributed by atoms with van der Waals surface area (Å²) in [6.45, 7) is 2.92. The minimum absolute atomic E-state index is 0.000743. The molecule has 1 unspecified atom stereocenters. The molecule has 3 aromatic rings. The predicted octanol–water partition coefficient (Wildman–Crippen LogP) is 3.10. The zero-order valence-electron chi connectivity index (χ0n) is 12.4. The van der Waals surface area contributed by atoms with Crippen molar-refractivity contribution in [1.82, 2.24) is 9.38 Å². The molecule has 1 aliphatic rings. The maximum Gasteiger partial charge on any atom is 0.258 e. The summed E-state index contributed by atoms with van der Waals surface area (Å²) in [5.41, 5.74) is 3.50. The Balaban J connectivity index is 1.74. The topological polar surface area (TPSA) is 37.6 Å². The van der Waals surface area contributed by atoms with Crippen molar-refractivity contribution in [3.63, 3.8) is 0 Å². The van der Waals surface area contributed by atoms with Crippen molar-refractivity contribution < 1.29 is 0 Å². The summed E-state index contributed by atoms with van der Waals surface area (Å²) < 4.78 is 1.60. The lowest BCUT2D eigenvalue weighted by Gasteiger charge is -2.36. The third-order valence-corrected chi connectivity index (χ3v) is 5.11. The fourth-order valence-electron chi connectivity index (χ4n) is 3.14. The van der Waals surface area contributed by atoms with Gasteiger partial charge in [0.1, 0.15) is 0 Å².